The van der Waals surface area contributed by atoms with Crippen LogP contribution in [0.25, 0.3) is 0 Å². The molecule has 0 aliphatic heterocycles. The van der Waals surface area contributed by atoms with Gasteiger partial charge in [0.15, 0.2) is 5.78 Å². The minimum atomic E-state index is -0.350. The Labute approximate surface area is 152 Å². The van der Waals surface area contributed by atoms with Gasteiger partial charge in [-0.2, -0.15) is 0 Å². The summed E-state index contributed by atoms with van der Waals surface area (Å²) in [7, 11) is 2.85. The molecule has 3 rings (SSSR count). The maximum absolute atomic E-state index is 13.0. The van der Waals surface area contributed by atoms with Crippen LogP contribution in [0.1, 0.15) is 31.8 Å². The third-order valence-corrected chi connectivity index (χ3v) is 4.43. The lowest BCUT2D eigenvalue weighted by Gasteiger charge is -2.22. The average Bonchev–Trinajstić information content (AvgIpc) is 2.64. The first kappa shape index (κ1) is 17.2. The van der Waals surface area contributed by atoms with E-state index in [1.54, 1.807) is 18.2 Å². The zero-order valence-electron chi connectivity index (χ0n) is 13.5. The van der Waals surface area contributed by atoms with Crippen molar-refractivity contribution < 1.29 is 23.9 Å². The number of fused-ring (bicyclic) bond motifs is 2. The van der Waals surface area contributed by atoms with Crippen molar-refractivity contribution in [3.05, 3.63) is 52.6 Å². The highest BCUT2D eigenvalue weighted by Crippen LogP contribution is 2.38. The molecule has 128 valence electrons. The van der Waals surface area contributed by atoms with Gasteiger partial charge in [-0.3, -0.25) is 14.4 Å². The first-order chi connectivity index (χ1) is 12.0. The van der Waals surface area contributed by atoms with Crippen molar-refractivity contribution >= 4 is 39.1 Å². The van der Waals surface area contributed by atoms with E-state index in [0.717, 1.165) is 0 Å². The topological polar surface area (TPSA) is 81.7 Å². The summed E-state index contributed by atoms with van der Waals surface area (Å²) in [4.78, 5) is 37.5. The average molecular weight is 404 g/mol. The van der Waals surface area contributed by atoms with Crippen LogP contribution < -0.4 is 14.8 Å². The standard InChI is InChI=1S/C18H14BrNO5/c1-24-12-5-3-4-10-15(12)18(23)16-11(17(10)22)6-9(7-13(16)25-2)20-14(21)8-19/h3-7H,8H2,1-2H3,(H,20,21). The van der Waals surface area contributed by atoms with Crippen LogP contribution in [0.4, 0.5) is 5.69 Å². The van der Waals surface area contributed by atoms with Crippen LogP contribution in [0.2, 0.25) is 0 Å². The Bertz CT molecular complexity index is 907. The van der Waals surface area contributed by atoms with Crippen LogP contribution in [0, 0.1) is 0 Å². The number of rotatable bonds is 4. The van der Waals surface area contributed by atoms with Gasteiger partial charge in [0.2, 0.25) is 11.7 Å². The lowest BCUT2D eigenvalue weighted by molar-refractivity contribution is -0.113. The van der Waals surface area contributed by atoms with Crippen LogP contribution in [0.5, 0.6) is 11.5 Å². The fourth-order valence-corrected chi connectivity index (χ4v) is 2.99. The molecule has 1 amide bonds. The van der Waals surface area contributed by atoms with Gasteiger partial charge in [0.25, 0.3) is 0 Å². The Balaban J connectivity index is 2.22. The molecule has 0 atom stereocenters. The van der Waals surface area contributed by atoms with E-state index >= 15 is 0 Å². The predicted molar refractivity (Wildman–Crippen MR) is 95.3 cm³/mol. The van der Waals surface area contributed by atoms with E-state index in [4.69, 9.17) is 9.47 Å². The molecule has 2 aromatic carbocycles. The smallest absolute Gasteiger partial charge is 0.235 e. The highest BCUT2D eigenvalue weighted by molar-refractivity contribution is 9.09. The summed E-state index contributed by atoms with van der Waals surface area (Å²) in [5.74, 6) is -0.398. The van der Waals surface area contributed by atoms with Crippen molar-refractivity contribution in [1.29, 1.82) is 0 Å². The molecule has 25 heavy (non-hydrogen) atoms. The third-order valence-electron chi connectivity index (χ3n) is 3.92. The Kier molecular flexibility index (Phi) is 4.59. The number of carbonyl (C=O) groups excluding carboxylic acids is 3. The molecule has 6 nitrogen and oxygen atoms in total. The van der Waals surface area contributed by atoms with Gasteiger partial charge in [0.1, 0.15) is 11.5 Å². The molecule has 0 saturated carbocycles. The van der Waals surface area contributed by atoms with Crippen molar-refractivity contribution in [2.24, 2.45) is 0 Å². The molecule has 0 heterocycles. The summed E-state index contributed by atoms with van der Waals surface area (Å²) in [6.07, 6.45) is 0. The van der Waals surface area contributed by atoms with Crippen LogP contribution in [-0.2, 0) is 4.79 Å². The molecule has 0 fully saturated rings. The lowest BCUT2D eigenvalue weighted by atomic mass is 9.82. The molecule has 1 aliphatic carbocycles. The summed E-state index contributed by atoms with van der Waals surface area (Å²) < 4.78 is 10.5. The quantitative estimate of drug-likeness (QED) is 0.677. The van der Waals surface area contributed by atoms with E-state index in [1.807, 2.05) is 0 Å². The van der Waals surface area contributed by atoms with Crippen molar-refractivity contribution in [3.63, 3.8) is 0 Å². The summed E-state index contributed by atoms with van der Waals surface area (Å²) in [6, 6.07) is 7.87. The number of hydrogen-bond donors (Lipinski definition) is 1. The monoisotopic (exact) mass is 403 g/mol. The number of carbonyl (C=O) groups is 3. The number of ketones is 2. The maximum atomic E-state index is 13.0. The largest absolute Gasteiger partial charge is 0.496 e. The highest BCUT2D eigenvalue weighted by Gasteiger charge is 2.35. The second-order valence-corrected chi connectivity index (χ2v) is 5.88. The number of benzene rings is 2. The van der Waals surface area contributed by atoms with E-state index in [9.17, 15) is 14.4 Å². The van der Waals surface area contributed by atoms with Crippen LogP contribution in [0.3, 0.4) is 0 Å². The molecule has 2 aromatic rings. The molecule has 0 saturated heterocycles. The van der Waals surface area contributed by atoms with Gasteiger partial charge < -0.3 is 14.8 Å². The predicted octanol–water partition coefficient (Wildman–Crippen LogP) is 2.81. The number of anilines is 1. The van der Waals surface area contributed by atoms with E-state index in [0.29, 0.717) is 11.4 Å². The molecular formula is C18H14BrNO5. The number of methoxy groups -OCH3 is 2. The van der Waals surface area contributed by atoms with Crippen molar-refractivity contribution in [3.8, 4) is 11.5 Å². The minimum Gasteiger partial charge on any atom is -0.496 e. The second-order valence-electron chi connectivity index (χ2n) is 5.32. The molecule has 1 N–H and O–H groups in total. The fraction of sp³-hybridized carbons (Fsp3) is 0.167. The van der Waals surface area contributed by atoms with E-state index in [1.165, 1.54) is 26.4 Å². The Morgan fingerprint density at radius 2 is 1.68 bits per heavy atom. The molecule has 0 aromatic heterocycles. The summed E-state index contributed by atoms with van der Waals surface area (Å²) in [5, 5.41) is 2.75. The number of hydrogen-bond acceptors (Lipinski definition) is 5. The van der Waals surface area contributed by atoms with Crippen molar-refractivity contribution in [2.75, 3.05) is 24.9 Å². The molecule has 0 bridgehead atoms. The third kappa shape index (κ3) is 2.80. The van der Waals surface area contributed by atoms with Crippen LogP contribution in [-0.4, -0.2) is 37.0 Å². The van der Waals surface area contributed by atoms with Gasteiger partial charge >= 0.3 is 0 Å². The first-order valence-electron chi connectivity index (χ1n) is 7.36. The Morgan fingerprint density at radius 1 is 1.00 bits per heavy atom. The molecule has 0 radical (unpaired) electrons. The SMILES string of the molecule is COc1cccc2c1C(=O)c1c(OC)cc(NC(=O)CBr)cc1C2=O. The summed E-state index contributed by atoms with van der Waals surface area (Å²) in [5.41, 5.74) is 1.23. The lowest BCUT2D eigenvalue weighted by Crippen LogP contribution is -2.23. The number of nitrogens with one attached hydrogen (secondary N) is 1. The number of halogens is 1. The zero-order chi connectivity index (χ0) is 18.1. The summed E-state index contributed by atoms with van der Waals surface area (Å²) in [6.45, 7) is 0. The molecule has 0 spiro atoms. The van der Waals surface area contributed by atoms with Crippen molar-refractivity contribution in [2.45, 2.75) is 0 Å². The van der Waals surface area contributed by atoms with Crippen LogP contribution >= 0.6 is 15.9 Å². The van der Waals surface area contributed by atoms with Gasteiger partial charge in [0.05, 0.1) is 30.7 Å². The molecular weight excluding hydrogens is 390 g/mol. The molecule has 1 aliphatic rings. The van der Waals surface area contributed by atoms with E-state index < -0.39 is 0 Å². The van der Waals surface area contributed by atoms with Gasteiger partial charge in [0, 0.05) is 22.9 Å². The van der Waals surface area contributed by atoms with Crippen molar-refractivity contribution in [1.82, 2.24) is 0 Å². The first-order valence-corrected chi connectivity index (χ1v) is 8.48. The fourth-order valence-electron chi connectivity index (χ4n) is 2.85. The van der Waals surface area contributed by atoms with E-state index in [2.05, 4.69) is 21.2 Å². The number of amides is 1. The molecule has 7 heteroatoms. The second kappa shape index (κ2) is 6.68. The van der Waals surface area contributed by atoms with Gasteiger partial charge in [-0.1, -0.05) is 28.1 Å². The van der Waals surface area contributed by atoms with Gasteiger partial charge in [-0.25, -0.2) is 0 Å². The Morgan fingerprint density at radius 3 is 2.32 bits per heavy atom. The minimum absolute atomic E-state index is 0.110. The zero-order valence-corrected chi connectivity index (χ0v) is 15.1. The maximum Gasteiger partial charge on any atom is 0.235 e. The Hall–Kier alpha value is -2.67. The highest BCUT2D eigenvalue weighted by atomic mass is 79.9. The number of alkyl halides is 1. The summed E-state index contributed by atoms with van der Waals surface area (Å²) >= 11 is 3.06. The van der Waals surface area contributed by atoms with Crippen LogP contribution in [0.15, 0.2) is 30.3 Å². The van der Waals surface area contributed by atoms with E-state index in [-0.39, 0.29) is 50.8 Å². The van der Waals surface area contributed by atoms with Gasteiger partial charge in [-0.05, 0) is 12.1 Å². The normalized spacial score (nSPS) is 12.3. The molecule has 0 unspecified atom stereocenters. The van der Waals surface area contributed by atoms with Gasteiger partial charge in [-0.15, -0.1) is 0 Å². The number of ether oxygens (including phenoxy) is 2.